The van der Waals surface area contributed by atoms with E-state index in [0.717, 1.165) is 33.2 Å². The Bertz CT molecular complexity index is 1450. The highest BCUT2D eigenvalue weighted by molar-refractivity contribution is 6.04. The number of hydrogen-bond acceptors (Lipinski definition) is 6. The molecule has 0 fully saturated rings. The Kier molecular flexibility index (Phi) is 5.51. The minimum absolute atomic E-state index is 0.237. The smallest absolute Gasteiger partial charge is 0.274 e. The molecule has 1 amide bonds. The number of nitrogens with one attached hydrogen (secondary N) is 3. The minimum atomic E-state index is -0.237. The van der Waals surface area contributed by atoms with Gasteiger partial charge in [0.1, 0.15) is 11.5 Å². The maximum Gasteiger partial charge on any atom is 0.274 e. The van der Waals surface area contributed by atoms with Crippen LogP contribution in [0.2, 0.25) is 0 Å². The van der Waals surface area contributed by atoms with Gasteiger partial charge in [-0.05, 0) is 42.0 Å². The predicted molar refractivity (Wildman–Crippen MR) is 133 cm³/mol. The number of anilines is 3. The van der Waals surface area contributed by atoms with Crippen LogP contribution >= 0.6 is 0 Å². The highest BCUT2D eigenvalue weighted by Crippen LogP contribution is 2.22. The average Bonchev–Trinajstić information content (AvgIpc) is 2.87. The fraction of sp³-hybridized carbons (Fsp3) is 0.0769. The molecule has 0 spiro atoms. The molecule has 0 atom stereocenters. The van der Waals surface area contributed by atoms with Crippen molar-refractivity contribution in [1.29, 1.82) is 0 Å². The Morgan fingerprint density at radius 2 is 1.55 bits per heavy atom. The molecule has 33 heavy (non-hydrogen) atoms. The molecule has 0 aliphatic carbocycles. The van der Waals surface area contributed by atoms with Crippen molar-refractivity contribution in [3.63, 3.8) is 0 Å². The number of pyridine rings is 1. The van der Waals surface area contributed by atoms with Crippen LogP contribution in [0.3, 0.4) is 0 Å². The normalized spacial score (nSPS) is 10.8. The standard InChI is InChI=1S/C26H22N6O/c1-27-26-31-22-9-5-3-7-20(22)24(32-26)28-16-17-10-13-19(14-11-17)29-25(33)23-15-12-18-6-2-4-8-21(18)30-23/h2-15H,16H2,1H3,(H,29,33)(H2,27,28,31,32). The topological polar surface area (TPSA) is 91.8 Å². The summed E-state index contributed by atoms with van der Waals surface area (Å²) in [6.07, 6.45) is 0. The molecule has 0 unspecified atom stereocenters. The van der Waals surface area contributed by atoms with Crippen molar-refractivity contribution in [3.8, 4) is 0 Å². The van der Waals surface area contributed by atoms with Crippen LogP contribution in [0.4, 0.5) is 17.5 Å². The molecule has 0 radical (unpaired) electrons. The maximum absolute atomic E-state index is 12.6. The Morgan fingerprint density at radius 1 is 0.788 bits per heavy atom. The summed E-state index contributed by atoms with van der Waals surface area (Å²) >= 11 is 0. The molecular weight excluding hydrogens is 412 g/mol. The van der Waals surface area contributed by atoms with Gasteiger partial charge in [0.05, 0.1) is 11.0 Å². The van der Waals surface area contributed by atoms with Gasteiger partial charge in [-0.15, -0.1) is 0 Å². The van der Waals surface area contributed by atoms with Gasteiger partial charge >= 0.3 is 0 Å². The molecule has 3 N–H and O–H groups in total. The largest absolute Gasteiger partial charge is 0.365 e. The Labute approximate surface area is 190 Å². The highest BCUT2D eigenvalue weighted by atomic mass is 16.1. The lowest BCUT2D eigenvalue weighted by Gasteiger charge is -2.11. The molecule has 0 saturated carbocycles. The van der Waals surface area contributed by atoms with E-state index in [-0.39, 0.29) is 5.91 Å². The summed E-state index contributed by atoms with van der Waals surface area (Å²) in [6.45, 7) is 0.588. The molecule has 5 aromatic rings. The van der Waals surface area contributed by atoms with E-state index in [4.69, 9.17) is 0 Å². The minimum Gasteiger partial charge on any atom is -0.365 e. The number of rotatable bonds is 6. The van der Waals surface area contributed by atoms with E-state index in [1.165, 1.54) is 0 Å². The van der Waals surface area contributed by atoms with Crippen LogP contribution in [0.5, 0.6) is 0 Å². The van der Waals surface area contributed by atoms with Gasteiger partial charge < -0.3 is 16.0 Å². The first-order chi connectivity index (χ1) is 16.2. The molecule has 162 valence electrons. The third kappa shape index (κ3) is 4.43. The van der Waals surface area contributed by atoms with Crippen molar-refractivity contribution in [1.82, 2.24) is 15.0 Å². The fourth-order valence-corrected chi connectivity index (χ4v) is 3.60. The average molecular weight is 435 g/mol. The van der Waals surface area contributed by atoms with Crippen LogP contribution in [0, 0.1) is 0 Å². The molecule has 0 saturated heterocycles. The van der Waals surface area contributed by atoms with Gasteiger partial charge in [-0.3, -0.25) is 4.79 Å². The zero-order valence-corrected chi connectivity index (χ0v) is 18.0. The summed E-state index contributed by atoms with van der Waals surface area (Å²) in [7, 11) is 1.80. The quantitative estimate of drug-likeness (QED) is 0.345. The van der Waals surface area contributed by atoms with Crippen molar-refractivity contribution in [2.45, 2.75) is 6.54 Å². The molecule has 7 heteroatoms. The number of carbonyl (C=O) groups is 1. The summed E-state index contributed by atoms with van der Waals surface area (Å²) in [6, 6.07) is 27.0. The van der Waals surface area contributed by atoms with Gasteiger partial charge in [-0.25, -0.2) is 9.97 Å². The maximum atomic E-state index is 12.6. The van der Waals surface area contributed by atoms with Crippen molar-refractivity contribution in [2.75, 3.05) is 23.0 Å². The molecule has 0 aliphatic rings. The van der Waals surface area contributed by atoms with Gasteiger partial charge in [0.15, 0.2) is 0 Å². The SMILES string of the molecule is CNc1nc(NCc2ccc(NC(=O)c3ccc4ccccc4n3)cc2)c2ccccc2n1. The summed E-state index contributed by atoms with van der Waals surface area (Å²) < 4.78 is 0. The molecule has 2 heterocycles. The lowest BCUT2D eigenvalue weighted by Crippen LogP contribution is -2.13. The van der Waals surface area contributed by atoms with Gasteiger partial charge in [0, 0.05) is 30.1 Å². The van der Waals surface area contributed by atoms with Crippen LogP contribution < -0.4 is 16.0 Å². The van der Waals surface area contributed by atoms with E-state index in [1.807, 2.05) is 78.9 Å². The summed E-state index contributed by atoms with van der Waals surface area (Å²) in [5.41, 5.74) is 3.83. The monoisotopic (exact) mass is 434 g/mol. The van der Waals surface area contributed by atoms with E-state index in [1.54, 1.807) is 13.1 Å². The van der Waals surface area contributed by atoms with E-state index in [9.17, 15) is 4.79 Å². The molecule has 3 aromatic carbocycles. The third-order valence-electron chi connectivity index (χ3n) is 5.33. The summed E-state index contributed by atoms with van der Waals surface area (Å²) in [4.78, 5) is 26.1. The number of aromatic nitrogens is 3. The van der Waals surface area contributed by atoms with Crippen LogP contribution in [0.15, 0.2) is 84.9 Å². The van der Waals surface area contributed by atoms with Crippen molar-refractivity contribution < 1.29 is 4.79 Å². The number of carbonyl (C=O) groups excluding carboxylic acids is 1. The fourth-order valence-electron chi connectivity index (χ4n) is 3.60. The molecule has 7 nitrogen and oxygen atoms in total. The molecule has 5 rings (SSSR count). The molecule has 0 aliphatic heterocycles. The first-order valence-corrected chi connectivity index (χ1v) is 10.6. The van der Waals surface area contributed by atoms with Gasteiger partial charge in [0.25, 0.3) is 5.91 Å². The summed E-state index contributed by atoms with van der Waals surface area (Å²) in [5, 5.41) is 11.3. The van der Waals surface area contributed by atoms with Crippen molar-refractivity contribution >= 4 is 45.2 Å². The summed E-state index contributed by atoms with van der Waals surface area (Å²) in [5.74, 6) is 1.10. The molecule has 0 bridgehead atoms. The number of amides is 1. The van der Waals surface area contributed by atoms with Crippen LogP contribution in [0.25, 0.3) is 21.8 Å². The second kappa shape index (κ2) is 8.92. The molecule has 2 aromatic heterocycles. The number of hydrogen-bond donors (Lipinski definition) is 3. The Hall–Kier alpha value is -4.52. The lowest BCUT2D eigenvalue weighted by molar-refractivity contribution is 0.102. The second-order valence-corrected chi connectivity index (χ2v) is 7.56. The lowest BCUT2D eigenvalue weighted by atomic mass is 10.2. The number of para-hydroxylation sites is 2. The first kappa shape index (κ1) is 20.4. The zero-order chi connectivity index (χ0) is 22.6. The Morgan fingerprint density at radius 3 is 2.36 bits per heavy atom. The van der Waals surface area contributed by atoms with Crippen LogP contribution in [0.1, 0.15) is 16.1 Å². The van der Waals surface area contributed by atoms with E-state index >= 15 is 0 Å². The van der Waals surface area contributed by atoms with E-state index in [2.05, 4.69) is 30.9 Å². The highest BCUT2D eigenvalue weighted by Gasteiger charge is 2.09. The first-order valence-electron chi connectivity index (χ1n) is 10.6. The third-order valence-corrected chi connectivity index (χ3v) is 5.33. The Balaban J connectivity index is 1.27. The molecular formula is C26H22N6O. The van der Waals surface area contributed by atoms with Crippen LogP contribution in [-0.2, 0) is 6.54 Å². The zero-order valence-electron chi connectivity index (χ0n) is 18.0. The number of benzene rings is 3. The van der Waals surface area contributed by atoms with Gasteiger partial charge in [-0.1, -0.05) is 48.5 Å². The second-order valence-electron chi connectivity index (χ2n) is 7.56. The van der Waals surface area contributed by atoms with E-state index in [0.29, 0.717) is 23.9 Å². The van der Waals surface area contributed by atoms with Crippen molar-refractivity contribution in [2.24, 2.45) is 0 Å². The van der Waals surface area contributed by atoms with Crippen LogP contribution in [-0.4, -0.2) is 27.9 Å². The number of nitrogens with zero attached hydrogens (tertiary/aromatic N) is 3. The van der Waals surface area contributed by atoms with Crippen molar-refractivity contribution in [3.05, 3.63) is 96.2 Å². The van der Waals surface area contributed by atoms with E-state index < -0.39 is 0 Å². The number of fused-ring (bicyclic) bond motifs is 2. The van der Waals surface area contributed by atoms with Gasteiger partial charge in [0.2, 0.25) is 5.95 Å². The predicted octanol–water partition coefficient (Wildman–Crippen LogP) is 5.08. The van der Waals surface area contributed by atoms with Gasteiger partial charge in [-0.2, -0.15) is 4.98 Å².